The second kappa shape index (κ2) is 10.0. The highest BCUT2D eigenvalue weighted by Crippen LogP contribution is 2.42. The SMILES string of the molecule is CCCCCCCCC1CC(CCc2ccccc2)C1OC. The minimum absolute atomic E-state index is 0.527. The lowest BCUT2D eigenvalue weighted by molar-refractivity contribution is -0.0784. The number of rotatable bonds is 11. The van der Waals surface area contributed by atoms with Crippen LogP contribution in [0.3, 0.4) is 0 Å². The van der Waals surface area contributed by atoms with Gasteiger partial charge in [-0.1, -0.05) is 75.8 Å². The van der Waals surface area contributed by atoms with Crippen LogP contribution in [0.5, 0.6) is 0 Å². The molecule has 2 rings (SSSR count). The number of unbranched alkanes of at least 4 members (excludes halogenated alkanes) is 5. The van der Waals surface area contributed by atoms with Gasteiger partial charge < -0.3 is 4.74 Å². The number of methoxy groups -OCH3 is 1. The van der Waals surface area contributed by atoms with Gasteiger partial charge in [-0.25, -0.2) is 0 Å². The Bertz CT molecular complexity index is 386. The summed E-state index contributed by atoms with van der Waals surface area (Å²) in [5, 5.41) is 0. The molecule has 1 aromatic rings. The molecule has 1 aliphatic carbocycles. The third-order valence-corrected chi connectivity index (χ3v) is 5.38. The summed E-state index contributed by atoms with van der Waals surface area (Å²) < 4.78 is 5.80. The average molecular weight is 303 g/mol. The predicted molar refractivity (Wildman–Crippen MR) is 95.2 cm³/mol. The molecule has 0 N–H and O–H groups in total. The van der Waals surface area contributed by atoms with Crippen LogP contribution >= 0.6 is 0 Å². The maximum atomic E-state index is 5.80. The van der Waals surface area contributed by atoms with Crippen molar-refractivity contribution in [1.82, 2.24) is 0 Å². The van der Waals surface area contributed by atoms with E-state index in [1.165, 1.54) is 69.8 Å². The molecule has 1 saturated carbocycles. The minimum Gasteiger partial charge on any atom is -0.381 e. The summed E-state index contributed by atoms with van der Waals surface area (Å²) >= 11 is 0. The van der Waals surface area contributed by atoms with Crippen LogP contribution in [0.25, 0.3) is 0 Å². The van der Waals surface area contributed by atoms with Crippen LogP contribution < -0.4 is 0 Å². The van der Waals surface area contributed by atoms with Crippen molar-refractivity contribution in [2.24, 2.45) is 11.8 Å². The Morgan fingerprint density at radius 2 is 1.59 bits per heavy atom. The van der Waals surface area contributed by atoms with Gasteiger partial charge in [-0.2, -0.15) is 0 Å². The van der Waals surface area contributed by atoms with Crippen molar-refractivity contribution in [3.8, 4) is 0 Å². The van der Waals surface area contributed by atoms with Gasteiger partial charge in [-0.05, 0) is 43.1 Å². The fourth-order valence-electron chi connectivity index (χ4n) is 3.98. The van der Waals surface area contributed by atoms with Crippen molar-refractivity contribution in [3.63, 3.8) is 0 Å². The Morgan fingerprint density at radius 3 is 2.32 bits per heavy atom. The molecular formula is C21H34O. The Labute approximate surface area is 137 Å². The monoisotopic (exact) mass is 302 g/mol. The molecule has 1 fully saturated rings. The first-order chi connectivity index (χ1) is 10.8. The van der Waals surface area contributed by atoms with Crippen molar-refractivity contribution >= 4 is 0 Å². The topological polar surface area (TPSA) is 9.23 Å². The van der Waals surface area contributed by atoms with E-state index in [0.29, 0.717) is 6.10 Å². The highest BCUT2D eigenvalue weighted by molar-refractivity contribution is 5.15. The zero-order valence-corrected chi connectivity index (χ0v) is 14.6. The molecule has 0 bridgehead atoms. The second-order valence-electron chi connectivity index (χ2n) is 7.04. The van der Waals surface area contributed by atoms with E-state index < -0.39 is 0 Å². The normalized spacial score (nSPS) is 24.2. The van der Waals surface area contributed by atoms with E-state index in [1.807, 2.05) is 7.11 Å². The molecule has 0 radical (unpaired) electrons. The van der Waals surface area contributed by atoms with Crippen LogP contribution in [-0.4, -0.2) is 13.2 Å². The van der Waals surface area contributed by atoms with Gasteiger partial charge in [0.1, 0.15) is 0 Å². The second-order valence-corrected chi connectivity index (χ2v) is 7.04. The van der Waals surface area contributed by atoms with Crippen molar-refractivity contribution in [2.45, 2.75) is 77.2 Å². The molecule has 0 aromatic heterocycles. The third kappa shape index (κ3) is 5.43. The first kappa shape index (κ1) is 17.5. The number of hydrogen-bond acceptors (Lipinski definition) is 1. The predicted octanol–water partition coefficient (Wildman–Crippen LogP) is 6.02. The molecule has 3 unspecified atom stereocenters. The summed E-state index contributed by atoms with van der Waals surface area (Å²) in [5.74, 6) is 1.62. The van der Waals surface area contributed by atoms with E-state index >= 15 is 0 Å². The van der Waals surface area contributed by atoms with Crippen molar-refractivity contribution in [1.29, 1.82) is 0 Å². The standard InChI is InChI=1S/C21H34O/c1-3-4-5-6-7-11-14-19-17-20(21(19)22-2)16-15-18-12-9-8-10-13-18/h8-10,12-13,19-21H,3-7,11,14-17H2,1-2H3. The van der Waals surface area contributed by atoms with Crippen LogP contribution in [0.2, 0.25) is 0 Å². The summed E-state index contributed by atoms with van der Waals surface area (Å²) in [4.78, 5) is 0. The smallest absolute Gasteiger partial charge is 0.0627 e. The first-order valence-electron chi connectivity index (χ1n) is 9.41. The largest absolute Gasteiger partial charge is 0.381 e. The number of aryl methyl sites for hydroxylation is 1. The lowest BCUT2D eigenvalue weighted by Gasteiger charge is -2.44. The minimum atomic E-state index is 0.527. The molecule has 124 valence electrons. The summed E-state index contributed by atoms with van der Waals surface area (Å²) in [6.45, 7) is 2.28. The van der Waals surface area contributed by atoms with Gasteiger partial charge in [0, 0.05) is 7.11 Å². The van der Waals surface area contributed by atoms with E-state index in [-0.39, 0.29) is 0 Å². The molecule has 0 heterocycles. The highest BCUT2D eigenvalue weighted by atomic mass is 16.5. The van der Waals surface area contributed by atoms with Crippen LogP contribution in [-0.2, 0) is 11.2 Å². The molecule has 1 nitrogen and oxygen atoms in total. The number of ether oxygens (including phenoxy) is 1. The van der Waals surface area contributed by atoms with Crippen LogP contribution in [0.1, 0.15) is 70.3 Å². The number of hydrogen-bond donors (Lipinski definition) is 0. The van der Waals surface area contributed by atoms with E-state index in [9.17, 15) is 0 Å². The van der Waals surface area contributed by atoms with E-state index in [1.54, 1.807) is 0 Å². The van der Waals surface area contributed by atoms with Crippen LogP contribution in [0.15, 0.2) is 30.3 Å². The third-order valence-electron chi connectivity index (χ3n) is 5.38. The molecule has 1 heteroatoms. The van der Waals surface area contributed by atoms with Gasteiger partial charge in [-0.3, -0.25) is 0 Å². The van der Waals surface area contributed by atoms with Gasteiger partial charge >= 0.3 is 0 Å². The summed E-state index contributed by atoms with van der Waals surface area (Å²) in [6.07, 6.45) is 14.2. The average Bonchev–Trinajstić information content (AvgIpc) is 2.53. The zero-order valence-electron chi connectivity index (χ0n) is 14.6. The first-order valence-corrected chi connectivity index (χ1v) is 9.41. The molecule has 0 saturated heterocycles. The van der Waals surface area contributed by atoms with Crippen molar-refractivity contribution in [3.05, 3.63) is 35.9 Å². The van der Waals surface area contributed by atoms with Crippen LogP contribution in [0.4, 0.5) is 0 Å². The van der Waals surface area contributed by atoms with Gasteiger partial charge in [0.2, 0.25) is 0 Å². The molecule has 1 aromatic carbocycles. The number of benzene rings is 1. The zero-order chi connectivity index (χ0) is 15.6. The Morgan fingerprint density at radius 1 is 0.909 bits per heavy atom. The van der Waals surface area contributed by atoms with Crippen molar-refractivity contribution in [2.75, 3.05) is 7.11 Å². The maximum Gasteiger partial charge on any atom is 0.0627 e. The van der Waals surface area contributed by atoms with Crippen LogP contribution in [0, 0.1) is 11.8 Å². The molecular weight excluding hydrogens is 268 g/mol. The quantitative estimate of drug-likeness (QED) is 0.454. The van der Waals surface area contributed by atoms with Gasteiger partial charge in [0.05, 0.1) is 6.10 Å². The van der Waals surface area contributed by atoms with E-state index in [4.69, 9.17) is 4.74 Å². The van der Waals surface area contributed by atoms with Gasteiger partial charge in [0.25, 0.3) is 0 Å². The molecule has 0 spiro atoms. The molecule has 0 amide bonds. The van der Waals surface area contributed by atoms with E-state index in [2.05, 4.69) is 37.3 Å². The summed E-state index contributed by atoms with van der Waals surface area (Å²) in [6, 6.07) is 10.9. The van der Waals surface area contributed by atoms with Gasteiger partial charge in [0.15, 0.2) is 0 Å². The molecule has 0 aliphatic heterocycles. The Kier molecular flexibility index (Phi) is 8.01. The lowest BCUT2D eigenvalue weighted by Crippen LogP contribution is -2.43. The molecule has 3 atom stereocenters. The van der Waals surface area contributed by atoms with Gasteiger partial charge in [-0.15, -0.1) is 0 Å². The molecule has 1 aliphatic rings. The fraction of sp³-hybridized carbons (Fsp3) is 0.714. The maximum absolute atomic E-state index is 5.80. The van der Waals surface area contributed by atoms with E-state index in [0.717, 1.165) is 11.8 Å². The lowest BCUT2D eigenvalue weighted by atomic mass is 9.67. The highest BCUT2D eigenvalue weighted by Gasteiger charge is 2.39. The van der Waals surface area contributed by atoms with Crippen molar-refractivity contribution < 1.29 is 4.74 Å². The Balaban J connectivity index is 1.59. The Hall–Kier alpha value is -0.820. The summed E-state index contributed by atoms with van der Waals surface area (Å²) in [7, 11) is 1.91. The molecule has 22 heavy (non-hydrogen) atoms. The fourth-order valence-corrected chi connectivity index (χ4v) is 3.98. The summed E-state index contributed by atoms with van der Waals surface area (Å²) in [5.41, 5.74) is 1.47.